The van der Waals surface area contributed by atoms with Crippen molar-refractivity contribution in [2.45, 2.75) is 13.3 Å². The molecule has 0 radical (unpaired) electrons. The summed E-state index contributed by atoms with van der Waals surface area (Å²) in [4.78, 5) is 10.5. The molecular formula is C10H11FO3. The van der Waals surface area contributed by atoms with Crippen molar-refractivity contribution >= 4 is 5.97 Å². The molecule has 0 aliphatic rings. The lowest BCUT2D eigenvalue weighted by atomic mass is 10.1. The van der Waals surface area contributed by atoms with Gasteiger partial charge in [0.1, 0.15) is 0 Å². The summed E-state index contributed by atoms with van der Waals surface area (Å²) in [6.07, 6.45) is -0.236. The lowest BCUT2D eigenvalue weighted by molar-refractivity contribution is -0.136. The van der Waals surface area contributed by atoms with Crippen molar-refractivity contribution in [2.24, 2.45) is 0 Å². The molecule has 1 aromatic carbocycles. The summed E-state index contributed by atoms with van der Waals surface area (Å²) in [6, 6.07) is 3.10. The fourth-order valence-electron chi connectivity index (χ4n) is 1.22. The van der Waals surface area contributed by atoms with E-state index in [4.69, 9.17) is 9.84 Å². The lowest BCUT2D eigenvalue weighted by Crippen LogP contribution is -2.04. The summed E-state index contributed by atoms with van der Waals surface area (Å²) in [5.41, 5.74) is 0.791. The monoisotopic (exact) mass is 198 g/mol. The van der Waals surface area contributed by atoms with E-state index >= 15 is 0 Å². The average Bonchev–Trinajstić information content (AvgIpc) is 2.11. The molecule has 0 aliphatic heterocycles. The van der Waals surface area contributed by atoms with Crippen LogP contribution in [-0.4, -0.2) is 18.2 Å². The molecular weight excluding hydrogens is 187 g/mol. The van der Waals surface area contributed by atoms with Crippen LogP contribution in [0.5, 0.6) is 5.75 Å². The summed E-state index contributed by atoms with van der Waals surface area (Å²) in [6.45, 7) is 1.60. The summed E-state index contributed by atoms with van der Waals surface area (Å²) >= 11 is 0. The predicted molar refractivity (Wildman–Crippen MR) is 49.0 cm³/mol. The molecule has 0 spiro atoms. The van der Waals surface area contributed by atoms with Gasteiger partial charge in [-0.3, -0.25) is 4.79 Å². The molecule has 0 saturated carbocycles. The van der Waals surface area contributed by atoms with Gasteiger partial charge in [0.2, 0.25) is 0 Å². The zero-order chi connectivity index (χ0) is 10.7. The van der Waals surface area contributed by atoms with Crippen molar-refractivity contribution < 1.29 is 19.0 Å². The van der Waals surface area contributed by atoms with Crippen LogP contribution in [0.15, 0.2) is 12.1 Å². The Morgan fingerprint density at radius 2 is 2.21 bits per heavy atom. The minimum Gasteiger partial charge on any atom is -0.493 e. The second kappa shape index (κ2) is 4.09. The summed E-state index contributed by atoms with van der Waals surface area (Å²) < 4.78 is 18.2. The predicted octanol–water partition coefficient (Wildman–Crippen LogP) is 1.77. The van der Waals surface area contributed by atoms with Gasteiger partial charge in [0, 0.05) is 5.56 Å². The van der Waals surface area contributed by atoms with Gasteiger partial charge in [0.15, 0.2) is 11.6 Å². The van der Waals surface area contributed by atoms with Gasteiger partial charge in [-0.2, -0.15) is 0 Å². The number of benzene rings is 1. The summed E-state index contributed by atoms with van der Waals surface area (Å²) in [5.74, 6) is -1.48. The van der Waals surface area contributed by atoms with Crippen LogP contribution >= 0.6 is 0 Å². The van der Waals surface area contributed by atoms with Crippen LogP contribution in [0.25, 0.3) is 0 Å². The van der Waals surface area contributed by atoms with E-state index in [1.165, 1.54) is 13.2 Å². The molecule has 76 valence electrons. The molecule has 0 fully saturated rings. The van der Waals surface area contributed by atoms with Gasteiger partial charge in [0.25, 0.3) is 0 Å². The van der Waals surface area contributed by atoms with Crippen molar-refractivity contribution in [1.82, 2.24) is 0 Å². The Morgan fingerprint density at radius 1 is 1.57 bits per heavy atom. The van der Waals surface area contributed by atoms with Crippen LogP contribution in [-0.2, 0) is 11.2 Å². The topological polar surface area (TPSA) is 46.5 Å². The van der Waals surface area contributed by atoms with E-state index in [1.807, 2.05) is 0 Å². The highest BCUT2D eigenvalue weighted by atomic mass is 19.1. The fourth-order valence-corrected chi connectivity index (χ4v) is 1.22. The molecule has 4 heteroatoms. The Bertz CT molecular complexity index is 361. The van der Waals surface area contributed by atoms with Gasteiger partial charge in [-0.15, -0.1) is 0 Å². The Labute approximate surface area is 81.1 Å². The molecule has 0 saturated heterocycles. The molecule has 14 heavy (non-hydrogen) atoms. The van der Waals surface area contributed by atoms with Crippen molar-refractivity contribution in [3.05, 3.63) is 29.1 Å². The molecule has 3 nitrogen and oxygen atoms in total. The molecule has 1 N–H and O–H groups in total. The maximum Gasteiger partial charge on any atom is 0.307 e. The number of hydrogen-bond acceptors (Lipinski definition) is 2. The fraction of sp³-hybridized carbons (Fsp3) is 0.300. The quantitative estimate of drug-likeness (QED) is 0.805. The highest BCUT2D eigenvalue weighted by Gasteiger charge is 2.13. The molecule has 1 rings (SSSR count). The van der Waals surface area contributed by atoms with E-state index in [1.54, 1.807) is 13.0 Å². The molecule has 0 atom stereocenters. The van der Waals surface area contributed by atoms with Gasteiger partial charge >= 0.3 is 5.97 Å². The van der Waals surface area contributed by atoms with E-state index in [9.17, 15) is 9.18 Å². The molecule has 0 bridgehead atoms. The summed E-state index contributed by atoms with van der Waals surface area (Å²) in [5, 5.41) is 8.57. The first-order chi connectivity index (χ1) is 6.56. The second-order valence-corrected chi connectivity index (χ2v) is 2.96. The van der Waals surface area contributed by atoms with Crippen molar-refractivity contribution in [1.29, 1.82) is 0 Å². The molecule has 0 heterocycles. The summed E-state index contributed by atoms with van der Waals surface area (Å²) in [7, 11) is 1.32. The number of methoxy groups -OCH3 is 1. The van der Waals surface area contributed by atoms with Gasteiger partial charge in [-0.05, 0) is 12.5 Å². The van der Waals surface area contributed by atoms with Crippen LogP contribution in [0.1, 0.15) is 11.1 Å². The number of carboxylic acid groups (broad SMARTS) is 1. The number of ether oxygens (including phenoxy) is 1. The van der Waals surface area contributed by atoms with Crippen LogP contribution < -0.4 is 4.74 Å². The largest absolute Gasteiger partial charge is 0.493 e. The van der Waals surface area contributed by atoms with Gasteiger partial charge < -0.3 is 9.84 Å². The number of aryl methyl sites for hydroxylation is 1. The van der Waals surface area contributed by atoms with Gasteiger partial charge in [-0.25, -0.2) is 4.39 Å². The van der Waals surface area contributed by atoms with Crippen LogP contribution in [0, 0.1) is 12.7 Å². The van der Waals surface area contributed by atoms with Gasteiger partial charge in [0.05, 0.1) is 13.5 Å². The second-order valence-electron chi connectivity index (χ2n) is 2.96. The van der Waals surface area contributed by atoms with Crippen molar-refractivity contribution in [2.75, 3.05) is 7.11 Å². The van der Waals surface area contributed by atoms with Crippen molar-refractivity contribution in [3.8, 4) is 5.75 Å². The third-order valence-electron chi connectivity index (χ3n) is 1.92. The smallest absolute Gasteiger partial charge is 0.307 e. The Kier molecular flexibility index (Phi) is 3.06. The zero-order valence-electron chi connectivity index (χ0n) is 8.00. The van der Waals surface area contributed by atoms with E-state index in [0.717, 1.165) is 0 Å². The van der Waals surface area contributed by atoms with E-state index in [-0.39, 0.29) is 12.2 Å². The highest BCUT2D eigenvalue weighted by Crippen LogP contribution is 2.25. The number of rotatable bonds is 3. The Morgan fingerprint density at radius 3 is 2.71 bits per heavy atom. The third kappa shape index (κ3) is 2.02. The molecule has 0 aromatic heterocycles. The molecule has 1 aromatic rings. The standard InChI is InChI=1S/C10H11FO3/c1-6-3-4-7(5-8(12)13)10(14-2)9(6)11/h3-4H,5H2,1-2H3,(H,12,13). The van der Waals surface area contributed by atoms with Gasteiger partial charge in [-0.1, -0.05) is 12.1 Å². The first-order valence-electron chi connectivity index (χ1n) is 4.10. The van der Waals surface area contributed by atoms with Crippen LogP contribution in [0.4, 0.5) is 4.39 Å². The minimum absolute atomic E-state index is 0.0207. The Balaban J connectivity index is 3.17. The minimum atomic E-state index is -1.01. The first kappa shape index (κ1) is 10.5. The normalized spacial score (nSPS) is 9.93. The number of carboxylic acids is 1. The van der Waals surface area contributed by atoms with E-state index in [2.05, 4.69) is 0 Å². The number of hydrogen-bond donors (Lipinski definition) is 1. The average molecular weight is 198 g/mol. The maximum absolute atomic E-state index is 13.4. The van der Waals surface area contributed by atoms with Crippen molar-refractivity contribution in [3.63, 3.8) is 0 Å². The maximum atomic E-state index is 13.4. The van der Waals surface area contributed by atoms with E-state index < -0.39 is 11.8 Å². The SMILES string of the molecule is COc1c(CC(=O)O)ccc(C)c1F. The van der Waals surface area contributed by atoms with Crippen LogP contribution in [0.2, 0.25) is 0 Å². The molecule has 0 amide bonds. The number of aliphatic carboxylic acids is 1. The number of carbonyl (C=O) groups is 1. The molecule has 0 aliphatic carbocycles. The molecule has 0 unspecified atom stereocenters. The highest BCUT2D eigenvalue weighted by molar-refractivity contribution is 5.71. The van der Waals surface area contributed by atoms with E-state index in [0.29, 0.717) is 11.1 Å². The first-order valence-corrected chi connectivity index (χ1v) is 4.10. The lowest BCUT2D eigenvalue weighted by Gasteiger charge is -2.09. The number of halogens is 1. The third-order valence-corrected chi connectivity index (χ3v) is 1.92. The Hall–Kier alpha value is -1.58. The zero-order valence-corrected chi connectivity index (χ0v) is 8.00. The van der Waals surface area contributed by atoms with Crippen LogP contribution in [0.3, 0.4) is 0 Å².